The number of aryl methyl sites for hydroxylation is 1. The molecule has 3 rings (SSSR count). The zero-order valence-corrected chi connectivity index (χ0v) is 14.2. The van der Waals surface area contributed by atoms with Gasteiger partial charge in [-0.3, -0.25) is 4.79 Å². The maximum atomic E-state index is 12.2. The molecule has 0 aliphatic heterocycles. The molecule has 0 aliphatic rings. The largest absolute Gasteiger partial charge is 0.495 e. The zero-order chi connectivity index (χ0) is 17.6. The summed E-state index contributed by atoms with van der Waals surface area (Å²) < 4.78 is 5.28. The minimum atomic E-state index is -0.0882. The Balaban J connectivity index is 1.60. The second-order valence-electron chi connectivity index (χ2n) is 5.67. The number of methoxy groups -OCH3 is 1. The van der Waals surface area contributed by atoms with Gasteiger partial charge in [0.25, 0.3) is 0 Å². The summed E-state index contributed by atoms with van der Waals surface area (Å²) in [6.07, 6.45) is 1.83. The van der Waals surface area contributed by atoms with Crippen LogP contribution in [0.5, 0.6) is 5.75 Å². The molecule has 2 aromatic carbocycles. The molecule has 0 unspecified atom stereocenters. The predicted octanol–water partition coefficient (Wildman–Crippen LogP) is 3.39. The number of carbonyl (C=O) groups excluding carboxylic acids is 1. The lowest BCUT2D eigenvalue weighted by molar-refractivity contribution is -0.116. The summed E-state index contributed by atoms with van der Waals surface area (Å²) in [4.78, 5) is 20.7. The lowest BCUT2D eigenvalue weighted by atomic mass is 10.2. The smallest absolute Gasteiger partial charge is 0.226 e. The summed E-state index contributed by atoms with van der Waals surface area (Å²) >= 11 is 0. The Bertz CT molecular complexity index is 890. The molecule has 25 heavy (non-hydrogen) atoms. The maximum Gasteiger partial charge on any atom is 0.226 e. The summed E-state index contributed by atoms with van der Waals surface area (Å²) in [5.74, 6) is 1.29. The highest BCUT2D eigenvalue weighted by molar-refractivity contribution is 5.93. The first-order valence-corrected chi connectivity index (χ1v) is 8.05. The number of fused-ring (bicyclic) bond motifs is 1. The Morgan fingerprint density at radius 1 is 1.16 bits per heavy atom. The van der Waals surface area contributed by atoms with Crippen molar-refractivity contribution in [2.75, 3.05) is 24.3 Å². The minimum absolute atomic E-state index is 0.0882. The summed E-state index contributed by atoms with van der Waals surface area (Å²) in [7, 11) is 1.59. The van der Waals surface area contributed by atoms with Crippen LogP contribution in [0.25, 0.3) is 10.9 Å². The first kappa shape index (κ1) is 16.7. The molecule has 0 spiro atoms. The molecular formula is C19H20N4O2. The molecule has 0 saturated carbocycles. The first-order chi connectivity index (χ1) is 12.2. The number of anilines is 2. The van der Waals surface area contributed by atoms with Gasteiger partial charge in [0.2, 0.25) is 5.91 Å². The van der Waals surface area contributed by atoms with Gasteiger partial charge in [0, 0.05) is 18.4 Å². The lowest BCUT2D eigenvalue weighted by Gasteiger charge is -2.12. The van der Waals surface area contributed by atoms with Gasteiger partial charge in [-0.1, -0.05) is 18.2 Å². The van der Waals surface area contributed by atoms with Crippen LogP contribution < -0.4 is 15.4 Å². The van der Waals surface area contributed by atoms with Crippen molar-refractivity contribution < 1.29 is 9.53 Å². The number of nitrogens with zero attached hydrogens (tertiary/aromatic N) is 2. The van der Waals surface area contributed by atoms with E-state index in [1.165, 1.54) is 6.33 Å². The number of ether oxygens (including phenoxy) is 1. The van der Waals surface area contributed by atoms with Crippen molar-refractivity contribution in [3.05, 3.63) is 54.4 Å². The van der Waals surface area contributed by atoms with E-state index in [1.54, 1.807) is 7.11 Å². The fourth-order valence-electron chi connectivity index (χ4n) is 2.57. The van der Waals surface area contributed by atoms with Crippen molar-refractivity contribution in [2.24, 2.45) is 0 Å². The van der Waals surface area contributed by atoms with Gasteiger partial charge in [0.1, 0.15) is 17.9 Å². The van der Waals surface area contributed by atoms with Crippen molar-refractivity contribution >= 4 is 28.3 Å². The standard InChI is InChI=1S/C19H20N4O2/c1-13-7-8-17(25-2)16(11-13)23-18(24)9-10-20-19-14-5-3-4-6-15(14)21-12-22-19/h3-8,11-12H,9-10H2,1-2H3,(H,23,24)(H,20,21,22). The van der Waals surface area contributed by atoms with Crippen molar-refractivity contribution in [3.63, 3.8) is 0 Å². The Morgan fingerprint density at radius 2 is 2.00 bits per heavy atom. The summed E-state index contributed by atoms with van der Waals surface area (Å²) in [5, 5.41) is 7.03. The Labute approximate surface area is 146 Å². The highest BCUT2D eigenvalue weighted by Crippen LogP contribution is 2.25. The van der Waals surface area contributed by atoms with Crippen LogP contribution in [0.15, 0.2) is 48.8 Å². The molecule has 2 N–H and O–H groups in total. The third-order valence-electron chi connectivity index (χ3n) is 3.82. The lowest BCUT2D eigenvalue weighted by Crippen LogP contribution is -2.17. The molecule has 0 aliphatic carbocycles. The Morgan fingerprint density at radius 3 is 2.84 bits per heavy atom. The van der Waals surface area contributed by atoms with Crippen molar-refractivity contribution in [1.82, 2.24) is 9.97 Å². The monoisotopic (exact) mass is 336 g/mol. The molecule has 1 heterocycles. The molecule has 3 aromatic rings. The van der Waals surface area contributed by atoms with Gasteiger partial charge in [-0.05, 0) is 36.8 Å². The number of carbonyl (C=O) groups is 1. The van der Waals surface area contributed by atoms with Gasteiger partial charge in [-0.2, -0.15) is 0 Å². The molecule has 1 amide bonds. The van der Waals surface area contributed by atoms with E-state index in [4.69, 9.17) is 4.74 Å². The average molecular weight is 336 g/mol. The zero-order valence-electron chi connectivity index (χ0n) is 14.2. The Kier molecular flexibility index (Phi) is 5.09. The van der Waals surface area contributed by atoms with Crippen LogP contribution in [0, 0.1) is 6.92 Å². The number of aromatic nitrogens is 2. The van der Waals surface area contributed by atoms with E-state index >= 15 is 0 Å². The molecule has 0 fully saturated rings. The van der Waals surface area contributed by atoms with Gasteiger partial charge in [0.05, 0.1) is 18.3 Å². The molecule has 6 heteroatoms. The van der Waals surface area contributed by atoms with Crippen LogP contribution in [0.4, 0.5) is 11.5 Å². The van der Waals surface area contributed by atoms with E-state index in [9.17, 15) is 4.79 Å². The van der Waals surface area contributed by atoms with E-state index in [2.05, 4.69) is 20.6 Å². The van der Waals surface area contributed by atoms with Crippen LogP contribution in [0.1, 0.15) is 12.0 Å². The van der Waals surface area contributed by atoms with E-state index in [0.29, 0.717) is 24.4 Å². The first-order valence-electron chi connectivity index (χ1n) is 8.05. The highest BCUT2D eigenvalue weighted by Gasteiger charge is 2.08. The molecular weight excluding hydrogens is 316 g/mol. The maximum absolute atomic E-state index is 12.2. The van der Waals surface area contributed by atoms with E-state index in [-0.39, 0.29) is 5.91 Å². The number of amides is 1. The number of rotatable bonds is 6. The van der Waals surface area contributed by atoms with Gasteiger partial charge in [0.15, 0.2) is 0 Å². The van der Waals surface area contributed by atoms with Crippen molar-refractivity contribution in [1.29, 1.82) is 0 Å². The number of para-hydroxylation sites is 1. The number of nitrogens with one attached hydrogen (secondary N) is 2. The van der Waals surface area contributed by atoms with Gasteiger partial charge >= 0.3 is 0 Å². The van der Waals surface area contributed by atoms with Crippen LogP contribution in [-0.4, -0.2) is 29.5 Å². The summed E-state index contributed by atoms with van der Waals surface area (Å²) in [6.45, 7) is 2.44. The number of hydrogen-bond acceptors (Lipinski definition) is 5. The summed E-state index contributed by atoms with van der Waals surface area (Å²) in [6, 6.07) is 13.4. The number of benzene rings is 2. The van der Waals surface area contributed by atoms with Gasteiger partial charge < -0.3 is 15.4 Å². The molecule has 0 radical (unpaired) electrons. The third kappa shape index (κ3) is 4.03. The predicted molar refractivity (Wildman–Crippen MR) is 99.0 cm³/mol. The van der Waals surface area contributed by atoms with E-state index < -0.39 is 0 Å². The normalized spacial score (nSPS) is 10.5. The fraction of sp³-hybridized carbons (Fsp3) is 0.211. The minimum Gasteiger partial charge on any atom is -0.495 e. The second-order valence-corrected chi connectivity index (χ2v) is 5.67. The van der Waals surface area contributed by atoms with Crippen molar-refractivity contribution in [3.8, 4) is 5.75 Å². The summed E-state index contributed by atoms with van der Waals surface area (Å²) in [5.41, 5.74) is 2.61. The second kappa shape index (κ2) is 7.61. The van der Waals surface area contributed by atoms with Crippen LogP contribution in [0.2, 0.25) is 0 Å². The van der Waals surface area contributed by atoms with E-state index in [1.807, 2.05) is 49.4 Å². The molecule has 0 saturated heterocycles. The average Bonchev–Trinajstić information content (AvgIpc) is 2.62. The van der Waals surface area contributed by atoms with Crippen LogP contribution >= 0.6 is 0 Å². The van der Waals surface area contributed by atoms with E-state index in [0.717, 1.165) is 22.3 Å². The molecule has 6 nitrogen and oxygen atoms in total. The van der Waals surface area contributed by atoms with Crippen LogP contribution in [-0.2, 0) is 4.79 Å². The highest BCUT2D eigenvalue weighted by atomic mass is 16.5. The number of hydrogen-bond donors (Lipinski definition) is 2. The molecule has 0 atom stereocenters. The topological polar surface area (TPSA) is 76.1 Å². The third-order valence-corrected chi connectivity index (χ3v) is 3.82. The molecule has 128 valence electrons. The van der Waals surface area contributed by atoms with Crippen LogP contribution in [0.3, 0.4) is 0 Å². The SMILES string of the molecule is COc1ccc(C)cc1NC(=O)CCNc1ncnc2ccccc12. The molecule has 0 bridgehead atoms. The molecule has 1 aromatic heterocycles. The van der Waals surface area contributed by atoms with Gasteiger partial charge in [-0.15, -0.1) is 0 Å². The Hall–Kier alpha value is -3.15. The van der Waals surface area contributed by atoms with Crippen molar-refractivity contribution in [2.45, 2.75) is 13.3 Å². The fourth-order valence-corrected chi connectivity index (χ4v) is 2.57. The van der Waals surface area contributed by atoms with Gasteiger partial charge in [-0.25, -0.2) is 9.97 Å². The quantitative estimate of drug-likeness (QED) is 0.721.